The number of ether oxygens (including phenoxy) is 1. The molecule has 2 aromatic rings. The summed E-state index contributed by atoms with van der Waals surface area (Å²) in [5.74, 6) is 0.726. The van der Waals surface area contributed by atoms with Crippen LogP contribution in [0.3, 0.4) is 0 Å². The first-order chi connectivity index (χ1) is 13.8. The number of carbonyl (C=O) groups is 1. The molecule has 0 aliphatic heterocycles. The van der Waals surface area contributed by atoms with E-state index in [2.05, 4.69) is 17.0 Å². The van der Waals surface area contributed by atoms with E-state index in [1.165, 1.54) is 37.1 Å². The number of rotatable bonds is 10. The highest BCUT2D eigenvalue weighted by Crippen LogP contribution is 2.30. The van der Waals surface area contributed by atoms with Crippen LogP contribution < -0.4 is 14.8 Å². The Labute approximate surface area is 175 Å². The third-order valence-electron chi connectivity index (χ3n) is 4.12. The predicted octanol–water partition coefficient (Wildman–Crippen LogP) is 4.06. The molecule has 1 unspecified atom stereocenters. The van der Waals surface area contributed by atoms with Crippen molar-refractivity contribution in [2.24, 2.45) is 0 Å². The number of carbonyl (C=O) groups excluding carboxylic acids is 1. The standard InChI is InChI=1S/C20H26N2O5S2/c1-4-5-12-28-14(2)20(24)21-17-13-15(10-11-18(17)23)29(25,26)22-16-8-6-7-9-19(16)27-3/h6-11,13-14,22-23H,4-5,12H2,1-3H3,(H,21,24). The van der Waals surface area contributed by atoms with Crippen molar-refractivity contribution in [1.29, 1.82) is 0 Å². The minimum Gasteiger partial charge on any atom is -0.506 e. The van der Waals surface area contributed by atoms with Crippen LogP contribution in [0, 0.1) is 0 Å². The highest BCUT2D eigenvalue weighted by molar-refractivity contribution is 8.00. The van der Waals surface area contributed by atoms with Crippen molar-refractivity contribution in [2.75, 3.05) is 22.9 Å². The average molecular weight is 439 g/mol. The molecule has 1 amide bonds. The van der Waals surface area contributed by atoms with Crippen LogP contribution in [0.1, 0.15) is 26.7 Å². The molecule has 0 heterocycles. The number of amides is 1. The van der Waals surface area contributed by atoms with Crippen molar-refractivity contribution >= 4 is 39.1 Å². The second-order valence-electron chi connectivity index (χ2n) is 6.34. The Kier molecular flexibility index (Phi) is 8.21. The molecule has 29 heavy (non-hydrogen) atoms. The normalized spacial score (nSPS) is 12.2. The van der Waals surface area contributed by atoms with Gasteiger partial charge in [0.1, 0.15) is 11.5 Å². The SMILES string of the molecule is CCCCSC(C)C(=O)Nc1cc(S(=O)(=O)Nc2ccccc2OC)ccc1O. The number of thioether (sulfide) groups is 1. The highest BCUT2D eigenvalue weighted by Gasteiger charge is 2.20. The minimum absolute atomic E-state index is 0.0424. The molecule has 2 rings (SSSR count). The smallest absolute Gasteiger partial charge is 0.262 e. The molecule has 1 atom stereocenters. The molecule has 0 fully saturated rings. The number of sulfonamides is 1. The number of unbranched alkanes of at least 4 members (excludes halogenated alkanes) is 1. The summed E-state index contributed by atoms with van der Waals surface area (Å²) < 4.78 is 33.1. The average Bonchev–Trinajstić information content (AvgIpc) is 2.69. The fourth-order valence-corrected chi connectivity index (χ4v) is 4.54. The van der Waals surface area contributed by atoms with Crippen LogP contribution in [-0.4, -0.2) is 37.5 Å². The lowest BCUT2D eigenvalue weighted by molar-refractivity contribution is -0.115. The number of nitrogens with one attached hydrogen (secondary N) is 2. The Morgan fingerprint density at radius 1 is 1.21 bits per heavy atom. The van der Waals surface area contributed by atoms with Crippen LogP contribution in [0.4, 0.5) is 11.4 Å². The van der Waals surface area contributed by atoms with Crippen LogP contribution >= 0.6 is 11.8 Å². The van der Waals surface area contributed by atoms with Gasteiger partial charge in [-0.3, -0.25) is 9.52 Å². The predicted molar refractivity (Wildman–Crippen MR) is 117 cm³/mol. The van der Waals surface area contributed by atoms with Gasteiger partial charge in [0.15, 0.2) is 0 Å². The molecule has 0 saturated heterocycles. The van der Waals surface area contributed by atoms with Gasteiger partial charge in [0.2, 0.25) is 5.91 Å². The Hall–Kier alpha value is -2.39. The van der Waals surface area contributed by atoms with E-state index in [-0.39, 0.29) is 33.2 Å². The summed E-state index contributed by atoms with van der Waals surface area (Å²) in [4.78, 5) is 12.3. The highest BCUT2D eigenvalue weighted by atomic mass is 32.2. The van der Waals surface area contributed by atoms with Crippen LogP contribution in [0.25, 0.3) is 0 Å². The number of para-hydroxylation sites is 2. The van der Waals surface area contributed by atoms with Gasteiger partial charge in [-0.15, -0.1) is 11.8 Å². The number of phenolic OH excluding ortho intramolecular Hbond substituents is 1. The van der Waals surface area contributed by atoms with Gasteiger partial charge in [-0.1, -0.05) is 25.5 Å². The summed E-state index contributed by atoms with van der Waals surface area (Å²) in [6.07, 6.45) is 2.05. The third kappa shape index (κ3) is 6.30. The zero-order valence-corrected chi connectivity index (χ0v) is 18.3. The summed E-state index contributed by atoms with van der Waals surface area (Å²) >= 11 is 1.51. The van der Waals surface area contributed by atoms with Crippen molar-refractivity contribution in [3.8, 4) is 11.5 Å². The lowest BCUT2D eigenvalue weighted by Gasteiger charge is -2.15. The number of methoxy groups -OCH3 is 1. The molecule has 0 aromatic heterocycles. The van der Waals surface area contributed by atoms with Gasteiger partial charge in [-0.25, -0.2) is 8.42 Å². The lowest BCUT2D eigenvalue weighted by Crippen LogP contribution is -2.23. The summed E-state index contributed by atoms with van der Waals surface area (Å²) in [6.45, 7) is 3.85. The molecular formula is C20H26N2O5S2. The zero-order chi connectivity index (χ0) is 21.4. The van der Waals surface area contributed by atoms with Gasteiger partial charge in [0.05, 0.1) is 28.6 Å². The van der Waals surface area contributed by atoms with Crippen molar-refractivity contribution in [3.63, 3.8) is 0 Å². The number of phenols is 1. The molecular weight excluding hydrogens is 412 g/mol. The summed E-state index contributed by atoms with van der Waals surface area (Å²) in [6, 6.07) is 10.4. The molecule has 2 aromatic carbocycles. The molecule has 0 bridgehead atoms. The second kappa shape index (κ2) is 10.4. The molecule has 7 nitrogen and oxygen atoms in total. The van der Waals surface area contributed by atoms with Gasteiger partial charge in [0.25, 0.3) is 10.0 Å². The van der Waals surface area contributed by atoms with Crippen LogP contribution in [0.15, 0.2) is 47.4 Å². The van der Waals surface area contributed by atoms with Crippen molar-refractivity contribution < 1.29 is 23.1 Å². The fourth-order valence-electron chi connectivity index (χ4n) is 2.43. The second-order valence-corrected chi connectivity index (χ2v) is 9.47. The number of benzene rings is 2. The fraction of sp³-hybridized carbons (Fsp3) is 0.350. The summed E-state index contributed by atoms with van der Waals surface area (Å²) in [5, 5.41) is 12.3. The van der Waals surface area contributed by atoms with E-state index in [0.717, 1.165) is 18.6 Å². The quantitative estimate of drug-likeness (QED) is 0.382. The van der Waals surface area contributed by atoms with E-state index < -0.39 is 10.0 Å². The van der Waals surface area contributed by atoms with E-state index in [4.69, 9.17) is 4.74 Å². The maximum Gasteiger partial charge on any atom is 0.262 e. The van der Waals surface area contributed by atoms with Crippen molar-refractivity contribution in [1.82, 2.24) is 0 Å². The molecule has 0 radical (unpaired) electrons. The number of anilines is 2. The molecule has 158 valence electrons. The van der Waals surface area contributed by atoms with Gasteiger partial charge in [0, 0.05) is 0 Å². The number of hydrogen-bond donors (Lipinski definition) is 3. The van der Waals surface area contributed by atoms with Gasteiger partial charge >= 0.3 is 0 Å². The van der Waals surface area contributed by atoms with E-state index in [9.17, 15) is 18.3 Å². The third-order valence-corrected chi connectivity index (χ3v) is 6.72. The number of hydrogen-bond acceptors (Lipinski definition) is 6. The maximum absolute atomic E-state index is 12.8. The minimum atomic E-state index is -3.96. The van der Waals surface area contributed by atoms with E-state index >= 15 is 0 Å². The molecule has 0 saturated carbocycles. The Balaban J connectivity index is 2.19. The van der Waals surface area contributed by atoms with E-state index in [1.807, 2.05) is 0 Å². The Morgan fingerprint density at radius 3 is 2.62 bits per heavy atom. The molecule has 0 spiro atoms. The topological polar surface area (TPSA) is 105 Å². The van der Waals surface area contributed by atoms with E-state index in [1.54, 1.807) is 31.2 Å². The molecule has 0 aliphatic carbocycles. The molecule has 3 N–H and O–H groups in total. The van der Waals surface area contributed by atoms with Crippen molar-refractivity contribution in [2.45, 2.75) is 36.8 Å². The van der Waals surface area contributed by atoms with Crippen LogP contribution in [-0.2, 0) is 14.8 Å². The lowest BCUT2D eigenvalue weighted by atomic mass is 10.3. The first kappa shape index (κ1) is 22.9. The first-order valence-corrected chi connectivity index (χ1v) is 11.7. The van der Waals surface area contributed by atoms with Gasteiger partial charge in [-0.2, -0.15) is 0 Å². The largest absolute Gasteiger partial charge is 0.506 e. The van der Waals surface area contributed by atoms with Crippen molar-refractivity contribution in [3.05, 3.63) is 42.5 Å². The van der Waals surface area contributed by atoms with Crippen LogP contribution in [0.2, 0.25) is 0 Å². The number of aromatic hydroxyl groups is 1. The Bertz CT molecular complexity index is 948. The maximum atomic E-state index is 12.8. The molecule has 9 heteroatoms. The summed E-state index contributed by atoms with van der Waals surface area (Å²) in [7, 11) is -2.51. The monoisotopic (exact) mass is 438 g/mol. The van der Waals surface area contributed by atoms with Gasteiger partial charge < -0.3 is 15.2 Å². The van der Waals surface area contributed by atoms with Gasteiger partial charge in [-0.05, 0) is 49.4 Å². The zero-order valence-electron chi connectivity index (χ0n) is 16.6. The Morgan fingerprint density at radius 2 is 1.93 bits per heavy atom. The summed E-state index contributed by atoms with van der Waals surface area (Å²) in [5.41, 5.74) is 0.329. The van der Waals surface area contributed by atoms with Crippen LogP contribution in [0.5, 0.6) is 11.5 Å². The molecule has 0 aliphatic rings. The first-order valence-electron chi connectivity index (χ1n) is 9.19. The van der Waals surface area contributed by atoms with E-state index in [0.29, 0.717) is 5.75 Å².